The van der Waals surface area contributed by atoms with Crippen LogP contribution in [0.5, 0.6) is 0 Å². The van der Waals surface area contributed by atoms with Gasteiger partial charge in [0.25, 0.3) is 0 Å². The summed E-state index contributed by atoms with van der Waals surface area (Å²) >= 11 is 0. The Labute approximate surface area is 107 Å². The van der Waals surface area contributed by atoms with Crippen LogP contribution in [0.4, 0.5) is 0 Å². The molecule has 2 nitrogen and oxygen atoms in total. The predicted molar refractivity (Wildman–Crippen MR) is 74.3 cm³/mol. The molecule has 1 aliphatic carbocycles. The van der Waals surface area contributed by atoms with Crippen LogP contribution in [-0.4, -0.2) is 37.1 Å². The summed E-state index contributed by atoms with van der Waals surface area (Å²) in [6.45, 7) is 12.2. The summed E-state index contributed by atoms with van der Waals surface area (Å²) < 4.78 is 0. The van der Waals surface area contributed by atoms with Crippen molar-refractivity contribution in [3.63, 3.8) is 0 Å². The molecule has 0 radical (unpaired) electrons. The van der Waals surface area contributed by atoms with Gasteiger partial charge in [-0.15, -0.1) is 0 Å². The predicted octanol–water partition coefficient (Wildman–Crippen LogP) is 2.89. The molecule has 0 aromatic carbocycles. The Kier molecular flexibility index (Phi) is 4.48. The van der Waals surface area contributed by atoms with Crippen LogP contribution < -0.4 is 5.32 Å². The van der Waals surface area contributed by atoms with E-state index in [4.69, 9.17) is 0 Å². The number of hydrogen-bond acceptors (Lipinski definition) is 2. The van der Waals surface area contributed by atoms with Crippen LogP contribution in [0.2, 0.25) is 0 Å². The molecule has 1 saturated heterocycles. The first-order chi connectivity index (χ1) is 8.05. The molecule has 2 aliphatic rings. The first-order valence-electron chi connectivity index (χ1n) is 7.51. The average molecular weight is 238 g/mol. The number of nitrogens with zero attached hydrogens (tertiary/aromatic N) is 1. The Morgan fingerprint density at radius 2 is 2.12 bits per heavy atom. The standard InChI is InChI=1S/C15H30N2/c1-13-5-4-6-14(11-13)16-8-10-17-9-7-15(2,3)12-17/h13-14,16H,4-12H2,1-3H3. The second-order valence-corrected chi connectivity index (χ2v) is 7.11. The van der Waals surface area contributed by atoms with Crippen LogP contribution in [0.25, 0.3) is 0 Å². The number of likely N-dealkylation sites (tertiary alicyclic amines) is 1. The van der Waals surface area contributed by atoms with E-state index in [0.29, 0.717) is 5.41 Å². The molecule has 0 spiro atoms. The second kappa shape index (κ2) is 5.71. The molecule has 2 atom stereocenters. The van der Waals surface area contributed by atoms with E-state index in [2.05, 4.69) is 31.0 Å². The zero-order valence-corrected chi connectivity index (χ0v) is 12.0. The molecule has 2 rings (SSSR count). The Hall–Kier alpha value is -0.0800. The molecule has 1 aliphatic heterocycles. The van der Waals surface area contributed by atoms with Crippen molar-refractivity contribution in [2.75, 3.05) is 26.2 Å². The van der Waals surface area contributed by atoms with Gasteiger partial charge in [0, 0.05) is 25.7 Å². The summed E-state index contributed by atoms with van der Waals surface area (Å²) in [5.41, 5.74) is 0.555. The molecule has 2 unspecified atom stereocenters. The van der Waals surface area contributed by atoms with Crippen LogP contribution in [0.1, 0.15) is 52.9 Å². The van der Waals surface area contributed by atoms with Crippen molar-refractivity contribution in [3.05, 3.63) is 0 Å². The zero-order valence-electron chi connectivity index (χ0n) is 12.0. The van der Waals surface area contributed by atoms with Crippen LogP contribution in [-0.2, 0) is 0 Å². The van der Waals surface area contributed by atoms with Crippen molar-refractivity contribution in [3.8, 4) is 0 Å². The SMILES string of the molecule is CC1CCCC(NCCN2CCC(C)(C)C2)C1. The quantitative estimate of drug-likeness (QED) is 0.810. The summed E-state index contributed by atoms with van der Waals surface area (Å²) in [5, 5.41) is 3.76. The van der Waals surface area contributed by atoms with Gasteiger partial charge in [0.1, 0.15) is 0 Å². The van der Waals surface area contributed by atoms with E-state index in [0.717, 1.165) is 12.0 Å². The van der Waals surface area contributed by atoms with E-state index in [1.54, 1.807) is 0 Å². The minimum absolute atomic E-state index is 0.555. The van der Waals surface area contributed by atoms with Gasteiger partial charge in [-0.3, -0.25) is 0 Å². The summed E-state index contributed by atoms with van der Waals surface area (Å²) in [6.07, 6.45) is 7.03. The molecule has 100 valence electrons. The first-order valence-corrected chi connectivity index (χ1v) is 7.51. The maximum absolute atomic E-state index is 3.76. The summed E-state index contributed by atoms with van der Waals surface area (Å²) in [5.74, 6) is 0.937. The van der Waals surface area contributed by atoms with Crippen molar-refractivity contribution in [2.45, 2.75) is 58.9 Å². The third-order valence-corrected chi connectivity index (χ3v) is 4.55. The molecule has 17 heavy (non-hydrogen) atoms. The van der Waals surface area contributed by atoms with Crippen LogP contribution in [0.15, 0.2) is 0 Å². The molecular weight excluding hydrogens is 208 g/mol. The fourth-order valence-corrected chi connectivity index (χ4v) is 3.46. The highest BCUT2D eigenvalue weighted by molar-refractivity contribution is 4.83. The Morgan fingerprint density at radius 3 is 2.76 bits per heavy atom. The van der Waals surface area contributed by atoms with Gasteiger partial charge in [0.15, 0.2) is 0 Å². The van der Waals surface area contributed by atoms with E-state index < -0.39 is 0 Å². The molecule has 0 aromatic heterocycles. The molecule has 0 aromatic rings. The van der Waals surface area contributed by atoms with E-state index in [1.165, 1.54) is 58.3 Å². The molecule has 1 N–H and O–H groups in total. The van der Waals surface area contributed by atoms with Crippen molar-refractivity contribution in [1.29, 1.82) is 0 Å². The normalized spacial score (nSPS) is 34.1. The smallest absolute Gasteiger partial charge is 0.0107 e. The molecule has 2 heteroatoms. The lowest BCUT2D eigenvalue weighted by Crippen LogP contribution is -2.39. The molecule has 1 saturated carbocycles. The average Bonchev–Trinajstić information content (AvgIpc) is 2.58. The van der Waals surface area contributed by atoms with Gasteiger partial charge in [0.05, 0.1) is 0 Å². The van der Waals surface area contributed by atoms with Crippen molar-refractivity contribution >= 4 is 0 Å². The van der Waals surface area contributed by atoms with Crippen molar-refractivity contribution in [1.82, 2.24) is 10.2 Å². The lowest BCUT2D eigenvalue weighted by atomic mass is 9.87. The van der Waals surface area contributed by atoms with Gasteiger partial charge in [0.2, 0.25) is 0 Å². The Morgan fingerprint density at radius 1 is 1.29 bits per heavy atom. The highest BCUT2D eigenvalue weighted by atomic mass is 15.2. The number of hydrogen-bond donors (Lipinski definition) is 1. The third-order valence-electron chi connectivity index (χ3n) is 4.55. The fraction of sp³-hybridized carbons (Fsp3) is 1.00. The van der Waals surface area contributed by atoms with Crippen molar-refractivity contribution < 1.29 is 0 Å². The van der Waals surface area contributed by atoms with Gasteiger partial charge in [-0.25, -0.2) is 0 Å². The van der Waals surface area contributed by atoms with Crippen LogP contribution in [0.3, 0.4) is 0 Å². The lowest BCUT2D eigenvalue weighted by molar-refractivity contribution is 0.263. The van der Waals surface area contributed by atoms with Gasteiger partial charge in [-0.05, 0) is 37.1 Å². The van der Waals surface area contributed by atoms with Gasteiger partial charge >= 0.3 is 0 Å². The van der Waals surface area contributed by atoms with E-state index >= 15 is 0 Å². The first kappa shape index (κ1) is 13.4. The summed E-state index contributed by atoms with van der Waals surface area (Å²) in [4.78, 5) is 2.62. The van der Waals surface area contributed by atoms with Gasteiger partial charge in [-0.2, -0.15) is 0 Å². The lowest BCUT2D eigenvalue weighted by Gasteiger charge is -2.28. The van der Waals surface area contributed by atoms with Crippen molar-refractivity contribution in [2.24, 2.45) is 11.3 Å². The summed E-state index contributed by atoms with van der Waals surface area (Å²) in [6, 6.07) is 0.800. The Bertz CT molecular complexity index is 235. The minimum atomic E-state index is 0.555. The highest BCUT2D eigenvalue weighted by Gasteiger charge is 2.28. The zero-order chi connectivity index (χ0) is 12.3. The maximum atomic E-state index is 3.76. The van der Waals surface area contributed by atoms with Gasteiger partial charge < -0.3 is 10.2 Å². The fourth-order valence-electron chi connectivity index (χ4n) is 3.46. The maximum Gasteiger partial charge on any atom is 0.0107 e. The minimum Gasteiger partial charge on any atom is -0.313 e. The van der Waals surface area contributed by atoms with Gasteiger partial charge in [-0.1, -0.05) is 33.6 Å². The second-order valence-electron chi connectivity index (χ2n) is 7.11. The van der Waals surface area contributed by atoms with Crippen LogP contribution in [0, 0.1) is 11.3 Å². The monoisotopic (exact) mass is 238 g/mol. The Balaban J connectivity index is 1.60. The molecule has 2 fully saturated rings. The molecule has 0 amide bonds. The molecule has 0 bridgehead atoms. The topological polar surface area (TPSA) is 15.3 Å². The largest absolute Gasteiger partial charge is 0.313 e. The molecule has 1 heterocycles. The van der Waals surface area contributed by atoms with E-state index in [-0.39, 0.29) is 0 Å². The number of rotatable bonds is 4. The summed E-state index contributed by atoms with van der Waals surface area (Å²) in [7, 11) is 0. The highest BCUT2D eigenvalue weighted by Crippen LogP contribution is 2.28. The third kappa shape index (κ3) is 4.26. The van der Waals surface area contributed by atoms with E-state index in [1.807, 2.05) is 0 Å². The van der Waals surface area contributed by atoms with Crippen LogP contribution >= 0.6 is 0 Å². The van der Waals surface area contributed by atoms with E-state index in [9.17, 15) is 0 Å². The molecular formula is C15H30N2. The number of nitrogens with one attached hydrogen (secondary N) is 1.